The number of aromatic amines is 1. The maximum atomic E-state index is 9.10. The van der Waals surface area contributed by atoms with Crippen molar-refractivity contribution in [3.05, 3.63) is 35.2 Å². The van der Waals surface area contributed by atoms with Crippen LogP contribution >= 0.6 is 11.6 Å². The predicted molar refractivity (Wildman–Crippen MR) is 72.7 cm³/mol. The maximum absolute atomic E-state index is 9.10. The Bertz CT molecular complexity index is 667. The molecule has 100 valence electrons. The summed E-state index contributed by atoms with van der Waals surface area (Å²) in [6.45, 7) is 0. The molecule has 0 saturated carbocycles. The Morgan fingerprint density at radius 3 is 2.90 bits per heavy atom. The highest BCUT2D eigenvalue weighted by Crippen LogP contribution is 2.20. The summed E-state index contributed by atoms with van der Waals surface area (Å²) in [4.78, 5) is 0. The Kier molecular flexibility index (Phi) is 4.32. The van der Waals surface area contributed by atoms with E-state index >= 15 is 0 Å². The lowest BCUT2D eigenvalue weighted by molar-refractivity contribution is 0.426. The number of rotatable bonds is 4. The van der Waals surface area contributed by atoms with Gasteiger partial charge in [-0.1, -0.05) is 17.7 Å². The predicted octanol–water partition coefficient (Wildman–Crippen LogP) is -0.491. The molecule has 1 heterocycles. The number of hydrogen-bond donors (Lipinski definition) is 4. The molecule has 10 heteroatoms. The molecule has 20 heavy (non-hydrogen) atoms. The number of H-pyrrole nitrogens is 1. The van der Waals surface area contributed by atoms with Crippen LogP contribution in [0.4, 0.5) is 5.69 Å². The molecule has 1 aromatic heterocycles. The lowest BCUT2D eigenvalue weighted by atomic mass is 9.80. The molecule has 0 fully saturated rings. The van der Waals surface area contributed by atoms with Gasteiger partial charge in [-0.25, -0.2) is 0 Å². The molecule has 0 aliphatic heterocycles. The first kappa shape index (κ1) is 14.0. The van der Waals surface area contributed by atoms with Gasteiger partial charge in [0.05, 0.1) is 10.7 Å². The minimum absolute atomic E-state index is 0.134. The number of allylic oxidation sites excluding steroid dienone is 1. The highest BCUT2D eigenvalue weighted by Gasteiger charge is 2.13. The second kappa shape index (κ2) is 6.16. The molecular weight excluding hydrogens is 282 g/mol. The van der Waals surface area contributed by atoms with Crippen LogP contribution in [-0.2, 0) is 0 Å². The van der Waals surface area contributed by atoms with Crippen LogP contribution < -0.4 is 10.8 Å². The minimum Gasteiger partial charge on any atom is -0.423 e. The maximum Gasteiger partial charge on any atom is 0.488 e. The molecule has 0 spiro atoms. The van der Waals surface area contributed by atoms with Crippen molar-refractivity contribution in [3.63, 3.8) is 0 Å². The fourth-order valence-electron chi connectivity index (χ4n) is 1.39. The number of nitrogens with zero attached hydrogens (tertiary/aromatic N) is 4. The van der Waals surface area contributed by atoms with Gasteiger partial charge in [-0.2, -0.15) is 10.5 Å². The Labute approximate surface area is 118 Å². The fourth-order valence-corrected chi connectivity index (χ4v) is 1.56. The van der Waals surface area contributed by atoms with Crippen LogP contribution in [0.2, 0.25) is 5.02 Å². The zero-order valence-electron chi connectivity index (χ0n) is 9.95. The normalized spacial score (nSPS) is 11.0. The summed E-state index contributed by atoms with van der Waals surface area (Å²) in [6, 6.07) is 6.34. The van der Waals surface area contributed by atoms with Crippen molar-refractivity contribution in [2.75, 3.05) is 5.32 Å². The molecule has 0 radical (unpaired) electrons. The summed E-state index contributed by atoms with van der Waals surface area (Å²) in [6.07, 6.45) is 1.35. The van der Waals surface area contributed by atoms with E-state index in [0.29, 0.717) is 10.7 Å². The van der Waals surface area contributed by atoms with Crippen molar-refractivity contribution < 1.29 is 10.0 Å². The number of hydrogen-bond acceptors (Lipinski definition) is 7. The number of nitriles is 1. The van der Waals surface area contributed by atoms with E-state index in [-0.39, 0.29) is 16.9 Å². The molecule has 8 nitrogen and oxygen atoms in total. The SMILES string of the molecule is N#CC(=CNc1cc(B(O)O)ccc1Cl)c1nn[nH]n1. The second-order valence-corrected chi connectivity index (χ2v) is 4.07. The molecule has 1 aromatic carbocycles. The second-order valence-electron chi connectivity index (χ2n) is 3.66. The van der Waals surface area contributed by atoms with Gasteiger partial charge in [-0.3, -0.25) is 0 Å². The van der Waals surface area contributed by atoms with Crippen molar-refractivity contribution in [1.82, 2.24) is 20.6 Å². The van der Waals surface area contributed by atoms with Gasteiger partial charge in [0.1, 0.15) is 11.6 Å². The van der Waals surface area contributed by atoms with Crippen LogP contribution in [0.25, 0.3) is 5.57 Å². The first-order valence-electron chi connectivity index (χ1n) is 5.38. The van der Waals surface area contributed by atoms with E-state index in [9.17, 15) is 0 Å². The van der Waals surface area contributed by atoms with E-state index in [4.69, 9.17) is 26.9 Å². The van der Waals surface area contributed by atoms with Gasteiger partial charge in [0.25, 0.3) is 0 Å². The zero-order valence-corrected chi connectivity index (χ0v) is 10.7. The zero-order chi connectivity index (χ0) is 14.5. The average Bonchev–Trinajstić information content (AvgIpc) is 2.95. The third-order valence-corrected chi connectivity index (χ3v) is 2.70. The molecule has 0 saturated heterocycles. The average molecular weight is 290 g/mol. The Morgan fingerprint density at radius 1 is 1.50 bits per heavy atom. The number of benzene rings is 1. The largest absolute Gasteiger partial charge is 0.488 e. The molecule has 0 amide bonds. The summed E-state index contributed by atoms with van der Waals surface area (Å²) in [5.74, 6) is 0.134. The van der Waals surface area contributed by atoms with E-state index in [0.717, 1.165) is 0 Å². The van der Waals surface area contributed by atoms with E-state index in [1.807, 2.05) is 6.07 Å². The summed E-state index contributed by atoms with van der Waals surface area (Å²) < 4.78 is 0. The van der Waals surface area contributed by atoms with Crippen molar-refractivity contribution in [1.29, 1.82) is 5.26 Å². The summed E-state index contributed by atoms with van der Waals surface area (Å²) >= 11 is 5.96. The van der Waals surface area contributed by atoms with E-state index in [2.05, 4.69) is 25.9 Å². The Balaban J connectivity index is 2.26. The first-order chi connectivity index (χ1) is 9.61. The van der Waals surface area contributed by atoms with Crippen LogP contribution in [0.15, 0.2) is 24.4 Å². The lowest BCUT2D eigenvalue weighted by Gasteiger charge is -2.07. The molecule has 0 bridgehead atoms. The monoisotopic (exact) mass is 290 g/mol. The van der Waals surface area contributed by atoms with Crippen LogP contribution in [0, 0.1) is 11.3 Å². The van der Waals surface area contributed by atoms with Crippen LogP contribution in [0.3, 0.4) is 0 Å². The van der Waals surface area contributed by atoms with Crippen LogP contribution in [0.5, 0.6) is 0 Å². The molecule has 0 aliphatic rings. The standard InChI is InChI=1S/C10H8BClN6O2/c12-8-2-1-7(11(19)20)3-9(8)14-5-6(4-13)10-15-17-18-16-10/h1-3,5,14,19-20H,(H,15,16,17,18). The van der Waals surface area contributed by atoms with Gasteiger partial charge >= 0.3 is 7.12 Å². The van der Waals surface area contributed by atoms with Gasteiger partial charge < -0.3 is 15.4 Å². The van der Waals surface area contributed by atoms with E-state index < -0.39 is 7.12 Å². The van der Waals surface area contributed by atoms with Crippen molar-refractivity contribution in [3.8, 4) is 6.07 Å². The molecule has 0 atom stereocenters. The highest BCUT2D eigenvalue weighted by molar-refractivity contribution is 6.58. The highest BCUT2D eigenvalue weighted by atomic mass is 35.5. The van der Waals surface area contributed by atoms with Crippen LogP contribution in [-0.4, -0.2) is 37.8 Å². The summed E-state index contributed by atoms with van der Waals surface area (Å²) in [7, 11) is -1.61. The van der Waals surface area contributed by atoms with Gasteiger partial charge in [-0.15, -0.1) is 10.2 Å². The van der Waals surface area contributed by atoms with Gasteiger partial charge in [-0.05, 0) is 22.8 Å². The fraction of sp³-hybridized carbons (Fsp3) is 0. The van der Waals surface area contributed by atoms with Crippen molar-refractivity contribution in [2.45, 2.75) is 0 Å². The topological polar surface area (TPSA) is 131 Å². The van der Waals surface area contributed by atoms with Crippen molar-refractivity contribution >= 4 is 35.4 Å². The molecule has 2 rings (SSSR count). The van der Waals surface area contributed by atoms with E-state index in [1.165, 1.54) is 24.4 Å². The third kappa shape index (κ3) is 3.13. The number of aromatic nitrogens is 4. The van der Waals surface area contributed by atoms with Crippen LogP contribution in [0.1, 0.15) is 5.82 Å². The first-order valence-corrected chi connectivity index (χ1v) is 5.76. The minimum atomic E-state index is -1.61. The Morgan fingerprint density at radius 2 is 2.30 bits per heavy atom. The third-order valence-electron chi connectivity index (χ3n) is 2.37. The Hall–Kier alpha value is -2.41. The number of anilines is 1. The number of nitrogens with one attached hydrogen (secondary N) is 2. The molecule has 4 N–H and O–H groups in total. The van der Waals surface area contributed by atoms with Gasteiger partial charge in [0.15, 0.2) is 0 Å². The quantitative estimate of drug-likeness (QED) is 0.441. The summed E-state index contributed by atoms with van der Waals surface area (Å²) in [5.41, 5.74) is 0.821. The number of halogens is 1. The van der Waals surface area contributed by atoms with E-state index in [1.54, 1.807) is 0 Å². The molecule has 2 aromatic rings. The van der Waals surface area contributed by atoms with Crippen molar-refractivity contribution in [2.24, 2.45) is 0 Å². The summed E-state index contributed by atoms with van der Waals surface area (Å²) in [5, 5.41) is 43.3. The smallest absolute Gasteiger partial charge is 0.423 e. The molecule has 0 unspecified atom stereocenters. The number of tetrazole rings is 1. The molecular formula is C10H8BClN6O2. The molecule has 0 aliphatic carbocycles. The van der Waals surface area contributed by atoms with Gasteiger partial charge in [0, 0.05) is 6.20 Å². The lowest BCUT2D eigenvalue weighted by Crippen LogP contribution is -2.29. The van der Waals surface area contributed by atoms with Gasteiger partial charge in [0.2, 0.25) is 5.82 Å².